The van der Waals surface area contributed by atoms with E-state index in [0.717, 1.165) is 11.3 Å². The minimum Gasteiger partial charge on any atom is -0.485 e. The smallest absolute Gasteiger partial charge is 0.437 e. The second-order valence-electron chi connectivity index (χ2n) is 15.9. The number of nitrogens with zero attached hydrogens (tertiary/aromatic N) is 3. The Labute approximate surface area is 323 Å². The fourth-order valence-corrected chi connectivity index (χ4v) is 7.57. The monoisotopic (exact) mass is 793 g/mol. The van der Waals surface area contributed by atoms with Crippen molar-refractivity contribution in [3.63, 3.8) is 0 Å². The number of nitrogens with one attached hydrogen (secondary N) is 2. The summed E-state index contributed by atoms with van der Waals surface area (Å²) < 4.78 is 82.4. The van der Waals surface area contributed by atoms with E-state index in [9.17, 15) is 32.3 Å². The van der Waals surface area contributed by atoms with Crippen LogP contribution in [0.3, 0.4) is 0 Å². The molecule has 13 nitrogen and oxygen atoms in total. The summed E-state index contributed by atoms with van der Waals surface area (Å²) in [5.41, 5.74) is -6.61. The first-order chi connectivity index (χ1) is 26.2. The molecule has 2 aliphatic heterocycles. The van der Waals surface area contributed by atoms with Gasteiger partial charge in [0.15, 0.2) is 11.4 Å². The van der Waals surface area contributed by atoms with E-state index in [1.807, 2.05) is 12.2 Å². The van der Waals surface area contributed by atoms with Crippen molar-refractivity contribution in [1.29, 1.82) is 0 Å². The van der Waals surface area contributed by atoms with Crippen molar-refractivity contribution in [3.05, 3.63) is 35.5 Å². The summed E-state index contributed by atoms with van der Waals surface area (Å²) >= 11 is 0. The molecule has 0 aromatic carbocycles. The summed E-state index contributed by atoms with van der Waals surface area (Å²) in [6, 6.07) is -0.181. The van der Waals surface area contributed by atoms with Crippen molar-refractivity contribution >= 4 is 34.9 Å². The van der Waals surface area contributed by atoms with Gasteiger partial charge in [0.2, 0.25) is 17.7 Å². The highest BCUT2D eigenvalue weighted by Gasteiger charge is 2.56. The molecule has 1 fully saturated rings. The molecule has 1 aliphatic carbocycles. The van der Waals surface area contributed by atoms with E-state index in [-0.39, 0.29) is 36.4 Å². The van der Waals surface area contributed by atoms with E-state index in [1.165, 1.54) is 33.2 Å². The number of hydrogen-bond donors (Lipinski definition) is 2. The van der Waals surface area contributed by atoms with E-state index < -0.39 is 101 Å². The lowest BCUT2D eigenvalue weighted by atomic mass is 9.66. The number of aromatic nitrogens is 2. The van der Waals surface area contributed by atoms with Gasteiger partial charge in [0.05, 0.1) is 24.8 Å². The Morgan fingerprint density at radius 2 is 1.84 bits per heavy atom. The maximum atomic E-state index is 16.6. The quantitative estimate of drug-likeness (QED) is 0.184. The number of carbonyl (C=O) groups excluding carboxylic acids is 4. The highest BCUT2D eigenvalue weighted by atomic mass is 19.4. The van der Waals surface area contributed by atoms with Gasteiger partial charge in [-0.15, -0.1) is 0 Å². The molecule has 0 radical (unpaired) electrons. The number of esters is 1. The lowest BCUT2D eigenvalue weighted by Gasteiger charge is -2.48. The van der Waals surface area contributed by atoms with Gasteiger partial charge < -0.3 is 34.5 Å². The summed E-state index contributed by atoms with van der Waals surface area (Å²) in [5, 5.41) is 5.47. The van der Waals surface area contributed by atoms with Crippen LogP contribution in [0.1, 0.15) is 110 Å². The Hall–Kier alpha value is -4.70. The lowest BCUT2D eigenvalue weighted by Crippen LogP contribution is -2.68. The molecule has 6 atom stereocenters. The molecule has 56 heavy (non-hydrogen) atoms. The van der Waals surface area contributed by atoms with E-state index in [4.69, 9.17) is 18.9 Å². The molecule has 2 aromatic rings. The molecule has 3 amide bonds. The number of alkyl halides is 4. The number of likely N-dealkylation sites (N-methyl/N-ethyl adjacent to an activating group) is 1. The Morgan fingerprint density at radius 3 is 2.46 bits per heavy atom. The predicted molar refractivity (Wildman–Crippen MR) is 195 cm³/mol. The van der Waals surface area contributed by atoms with Crippen LogP contribution in [0.15, 0.2) is 24.3 Å². The topological polar surface area (TPSA) is 158 Å². The third-order valence-corrected chi connectivity index (χ3v) is 10.5. The van der Waals surface area contributed by atoms with E-state index in [1.54, 1.807) is 27.7 Å². The van der Waals surface area contributed by atoms with Crippen molar-refractivity contribution in [3.8, 4) is 11.6 Å². The number of fused-ring (bicyclic) bond motifs is 4. The molecule has 0 spiro atoms. The van der Waals surface area contributed by atoms with Crippen molar-refractivity contribution in [2.75, 3.05) is 20.8 Å². The first kappa shape index (κ1) is 42.4. The largest absolute Gasteiger partial charge is 0.485 e. The van der Waals surface area contributed by atoms with Gasteiger partial charge in [0, 0.05) is 31.9 Å². The lowest BCUT2D eigenvalue weighted by molar-refractivity contribution is -0.162. The summed E-state index contributed by atoms with van der Waals surface area (Å²) in [6.07, 6.45) is -1.74. The molecule has 3 aliphatic rings. The summed E-state index contributed by atoms with van der Waals surface area (Å²) in [5.74, 6) is -3.55. The zero-order valence-electron chi connectivity index (χ0n) is 32.8. The molecule has 0 bridgehead atoms. The van der Waals surface area contributed by atoms with Crippen LogP contribution in [-0.4, -0.2) is 88.3 Å². The van der Waals surface area contributed by atoms with Crippen LogP contribution in [-0.2, 0) is 30.0 Å². The molecule has 17 heteroatoms. The number of alkyl carbamates (subject to hydrolysis) is 1. The highest BCUT2D eigenvalue weighted by Crippen LogP contribution is 2.51. The van der Waals surface area contributed by atoms with Gasteiger partial charge in [-0.05, 0) is 72.8 Å². The minimum absolute atomic E-state index is 0.0169. The minimum atomic E-state index is -5.08. The highest BCUT2D eigenvalue weighted by molar-refractivity contribution is 5.95. The number of allylic oxidation sites excluding steroid dienone is 1. The number of hydrogen-bond acceptors (Lipinski definition) is 10. The second kappa shape index (κ2) is 16.4. The standard InChI is InChI=1S/C39H51F4N5O8/c1-8-54-34(51)38-19-18-22(38)14-12-10-9-11-13-15-25(45-35(52)56-36(2,3)4)33(50)48(6)26(32(49)47-38)21-37(5)20-23(40)28-29-24(16-17-27(46-29)53-7)44-31(30(28)55-37)39(41,42)43/h12,14,16-17,22-23,25-26H,8-11,13,15,18-21H2,1-7H3,(H,45,52)(H,47,49). The van der Waals surface area contributed by atoms with Crippen LogP contribution in [0.5, 0.6) is 11.6 Å². The molecular weight excluding hydrogens is 742 g/mol. The average Bonchev–Trinajstić information content (AvgIpc) is 3.09. The van der Waals surface area contributed by atoms with Gasteiger partial charge in [-0.3, -0.25) is 9.59 Å². The second-order valence-corrected chi connectivity index (χ2v) is 15.9. The predicted octanol–water partition coefficient (Wildman–Crippen LogP) is 6.67. The van der Waals surface area contributed by atoms with E-state index >= 15 is 4.39 Å². The summed E-state index contributed by atoms with van der Waals surface area (Å²) in [6.45, 7) is 7.99. The van der Waals surface area contributed by atoms with E-state index in [2.05, 4.69) is 20.6 Å². The molecule has 308 valence electrons. The Bertz CT molecular complexity index is 1850. The van der Waals surface area contributed by atoms with Crippen molar-refractivity contribution in [2.24, 2.45) is 5.92 Å². The molecule has 2 N–H and O–H groups in total. The number of amides is 3. The van der Waals surface area contributed by atoms with Crippen molar-refractivity contribution in [1.82, 2.24) is 25.5 Å². The van der Waals surface area contributed by atoms with Gasteiger partial charge in [0.1, 0.15) is 40.5 Å². The van der Waals surface area contributed by atoms with Gasteiger partial charge in [-0.1, -0.05) is 25.0 Å². The summed E-state index contributed by atoms with van der Waals surface area (Å²) in [7, 11) is 2.61. The van der Waals surface area contributed by atoms with Crippen molar-refractivity contribution in [2.45, 2.75) is 134 Å². The van der Waals surface area contributed by atoms with Gasteiger partial charge >= 0.3 is 18.2 Å². The number of ether oxygens (including phenoxy) is 4. The zero-order valence-corrected chi connectivity index (χ0v) is 32.8. The number of halogens is 4. The van der Waals surface area contributed by atoms with Crippen molar-refractivity contribution < 1.29 is 55.7 Å². The first-order valence-corrected chi connectivity index (χ1v) is 18.9. The maximum Gasteiger partial charge on any atom is 0.437 e. The molecule has 5 rings (SSSR count). The average molecular weight is 794 g/mol. The fourth-order valence-electron chi connectivity index (χ4n) is 7.57. The molecular formula is C39H51F4N5O8. The molecule has 2 aromatic heterocycles. The molecule has 0 saturated heterocycles. The van der Waals surface area contributed by atoms with Crippen LogP contribution in [0, 0.1) is 5.92 Å². The first-order valence-electron chi connectivity index (χ1n) is 18.9. The fraction of sp³-hybridized carbons (Fsp3) is 0.641. The molecule has 6 unspecified atom stereocenters. The van der Waals surface area contributed by atoms with E-state index in [0.29, 0.717) is 25.7 Å². The van der Waals surface area contributed by atoms with Gasteiger partial charge in [-0.25, -0.2) is 23.9 Å². The Balaban J connectivity index is 1.59. The van der Waals surface area contributed by atoms with Crippen LogP contribution in [0.4, 0.5) is 22.4 Å². The number of rotatable bonds is 6. The number of pyridine rings is 2. The molecule has 4 heterocycles. The number of methoxy groups -OCH3 is 1. The van der Waals surface area contributed by atoms with Crippen LogP contribution in [0.2, 0.25) is 0 Å². The third-order valence-electron chi connectivity index (χ3n) is 10.5. The SMILES string of the molecule is CCOC(=O)C12CCC1C=CCCCCCC(NC(=O)OC(C)(C)C)C(=O)N(C)C(CC1(C)CC(F)c3c(c(C(F)(F)F)nc4ccc(OC)nc34)O1)C(=O)N2. The maximum absolute atomic E-state index is 16.6. The molecule has 1 saturated carbocycles. The summed E-state index contributed by atoms with van der Waals surface area (Å²) in [4.78, 5) is 64.6. The Morgan fingerprint density at radius 1 is 1.11 bits per heavy atom. The van der Waals surface area contributed by atoms with Crippen LogP contribution < -0.4 is 20.1 Å². The normalized spacial score (nSPS) is 27.7. The third kappa shape index (κ3) is 9.12. The van der Waals surface area contributed by atoms with Gasteiger partial charge in [0.25, 0.3) is 0 Å². The zero-order chi connectivity index (χ0) is 41.2. The van der Waals surface area contributed by atoms with Crippen LogP contribution in [0.25, 0.3) is 11.0 Å². The Kier molecular flexibility index (Phi) is 12.4. The van der Waals surface area contributed by atoms with Crippen LogP contribution >= 0.6 is 0 Å². The number of carbonyl (C=O) groups is 4. The van der Waals surface area contributed by atoms with Gasteiger partial charge in [-0.2, -0.15) is 13.2 Å².